The van der Waals surface area contributed by atoms with Gasteiger partial charge >= 0.3 is 6.18 Å². The largest absolute Gasteiger partial charge is 0.393 e. The maximum absolute atomic E-state index is 12.8. The highest BCUT2D eigenvalue weighted by atomic mass is 19.4. The first-order valence-electron chi connectivity index (χ1n) is 7.03. The third-order valence-electron chi connectivity index (χ3n) is 3.81. The lowest BCUT2D eigenvalue weighted by molar-refractivity contribution is -0.188. The van der Waals surface area contributed by atoms with E-state index in [1.54, 1.807) is 0 Å². The van der Waals surface area contributed by atoms with E-state index in [4.69, 9.17) is 5.73 Å². The zero-order valence-electron chi connectivity index (χ0n) is 11.6. The van der Waals surface area contributed by atoms with Gasteiger partial charge in [-0.3, -0.25) is 4.79 Å². The lowest BCUT2D eigenvalue weighted by atomic mass is 9.96. The van der Waals surface area contributed by atoms with E-state index in [0.29, 0.717) is 19.4 Å². The van der Waals surface area contributed by atoms with Gasteiger partial charge in [-0.05, 0) is 24.8 Å². The summed E-state index contributed by atoms with van der Waals surface area (Å²) in [5, 5.41) is 0. The van der Waals surface area contributed by atoms with E-state index in [2.05, 4.69) is 0 Å². The smallest absolute Gasteiger partial charge is 0.341 e. The third kappa shape index (κ3) is 4.20. The zero-order valence-corrected chi connectivity index (χ0v) is 11.6. The van der Waals surface area contributed by atoms with Crippen LogP contribution in [0.1, 0.15) is 18.4 Å². The van der Waals surface area contributed by atoms with Crippen molar-refractivity contribution < 1.29 is 18.0 Å². The van der Waals surface area contributed by atoms with E-state index in [9.17, 15) is 18.0 Å². The molecule has 0 aliphatic carbocycles. The standard InChI is InChI=1S/C15H19F3N2O/c16-15(17,18)12-7-4-8-20(10-12)14(21)13(19)9-11-5-2-1-3-6-11/h1-3,5-6,12-13H,4,7-10,19H2. The van der Waals surface area contributed by atoms with Gasteiger partial charge in [0.2, 0.25) is 5.91 Å². The van der Waals surface area contributed by atoms with Gasteiger partial charge in [-0.2, -0.15) is 13.2 Å². The molecular weight excluding hydrogens is 281 g/mol. The summed E-state index contributed by atoms with van der Waals surface area (Å²) in [5.74, 6) is -1.83. The second-order valence-electron chi connectivity index (χ2n) is 5.46. The highest BCUT2D eigenvalue weighted by Gasteiger charge is 2.43. The van der Waals surface area contributed by atoms with E-state index in [1.807, 2.05) is 30.3 Å². The van der Waals surface area contributed by atoms with E-state index < -0.39 is 24.0 Å². The summed E-state index contributed by atoms with van der Waals surface area (Å²) in [5.41, 5.74) is 6.77. The first-order valence-corrected chi connectivity index (χ1v) is 7.03. The van der Waals surface area contributed by atoms with Crippen molar-refractivity contribution in [2.45, 2.75) is 31.5 Å². The Bertz CT molecular complexity index is 476. The highest BCUT2D eigenvalue weighted by molar-refractivity contribution is 5.82. The van der Waals surface area contributed by atoms with Crippen molar-refractivity contribution in [3.8, 4) is 0 Å². The number of rotatable bonds is 3. The van der Waals surface area contributed by atoms with Crippen molar-refractivity contribution in [2.75, 3.05) is 13.1 Å². The Morgan fingerprint density at radius 1 is 1.33 bits per heavy atom. The molecule has 21 heavy (non-hydrogen) atoms. The summed E-state index contributed by atoms with van der Waals surface area (Å²) in [6, 6.07) is 8.44. The molecule has 1 aromatic rings. The number of nitrogens with two attached hydrogens (primary N) is 1. The number of carbonyl (C=O) groups is 1. The monoisotopic (exact) mass is 300 g/mol. The molecule has 1 aliphatic heterocycles. The number of nitrogens with zero attached hydrogens (tertiary/aromatic N) is 1. The molecule has 2 atom stereocenters. The fourth-order valence-corrected chi connectivity index (χ4v) is 2.63. The molecule has 0 aromatic heterocycles. The molecule has 1 amide bonds. The summed E-state index contributed by atoms with van der Waals surface area (Å²) >= 11 is 0. The van der Waals surface area contributed by atoms with Crippen molar-refractivity contribution in [1.29, 1.82) is 0 Å². The fraction of sp³-hybridized carbons (Fsp3) is 0.533. The molecule has 0 saturated carbocycles. The second kappa shape index (κ2) is 6.47. The van der Waals surface area contributed by atoms with E-state index in [-0.39, 0.29) is 13.0 Å². The molecule has 0 radical (unpaired) electrons. The van der Waals surface area contributed by atoms with Crippen molar-refractivity contribution in [3.63, 3.8) is 0 Å². The van der Waals surface area contributed by atoms with Gasteiger partial charge in [0.05, 0.1) is 12.0 Å². The lowest BCUT2D eigenvalue weighted by Gasteiger charge is -2.35. The SMILES string of the molecule is NC(Cc1ccccc1)C(=O)N1CCCC(C(F)(F)F)C1. The molecule has 2 unspecified atom stereocenters. The van der Waals surface area contributed by atoms with Gasteiger partial charge < -0.3 is 10.6 Å². The van der Waals surface area contributed by atoms with Gasteiger partial charge in [-0.1, -0.05) is 30.3 Å². The van der Waals surface area contributed by atoms with Crippen molar-refractivity contribution in [2.24, 2.45) is 11.7 Å². The minimum Gasteiger partial charge on any atom is -0.341 e. The summed E-state index contributed by atoms with van der Waals surface area (Å²) < 4.78 is 38.3. The first-order chi connectivity index (χ1) is 9.88. The summed E-state index contributed by atoms with van der Waals surface area (Å²) in [6.07, 6.45) is -3.45. The molecule has 1 saturated heterocycles. The van der Waals surface area contributed by atoms with Crippen LogP contribution in [-0.2, 0) is 11.2 Å². The molecule has 0 spiro atoms. The Labute approximate surface area is 121 Å². The number of hydrogen-bond donors (Lipinski definition) is 1. The normalized spacial score (nSPS) is 21.1. The number of hydrogen-bond acceptors (Lipinski definition) is 2. The number of alkyl halides is 3. The highest BCUT2D eigenvalue weighted by Crippen LogP contribution is 2.33. The molecule has 2 rings (SSSR count). The predicted molar refractivity (Wildman–Crippen MR) is 73.5 cm³/mol. The number of piperidine rings is 1. The van der Waals surface area contributed by atoms with Gasteiger partial charge in [0, 0.05) is 13.1 Å². The van der Waals surface area contributed by atoms with Crippen molar-refractivity contribution >= 4 is 5.91 Å². The van der Waals surface area contributed by atoms with Gasteiger partial charge in [0.25, 0.3) is 0 Å². The summed E-state index contributed by atoms with van der Waals surface area (Å²) in [6.45, 7) is 0.0821. The van der Waals surface area contributed by atoms with Crippen LogP contribution in [0.5, 0.6) is 0 Å². The number of halogens is 3. The maximum atomic E-state index is 12.8. The molecule has 1 aromatic carbocycles. The number of carbonyl (C=O) groups excluding carboxylic acids is 1. The third-order valence-corrected chi connectivity index (χ3v) is 3.81. The van der Waals surface area contributed by atoms with E-state index in [0.717, 1.165) is 5.56 Å². The second-order valence-corrected chi connectivity index (χ2v) is 5.46. The van der Waals surface area contributed by atoms with Crippen LogP contribution >= 0.6 is 0 Å². The van der Waals surface area contributed by atoms with Gasteiger partial charge in [-0.15, -0.1) is 0 Å². The Morgan fingerprint density at radius 3 is 2.62 bits per heavy atom. The molecule has 116 valence electrons. The predicted octanol–water partition coefficient (Wildman–Crippen LogP) is 2.36. The van der Waals surface area contributed by atoms with Crippen LogP contribution in [0.4, 0.5) is 13.2 Å². The fourth-order valence-electron chi connectivity index (χ4n) is 2.63. The average molecular weight is 300 g/mol. The number of amides is 1. The first kappa shape index (κ1) is 15.8. The quantitative estimate of drug-likeness (QED) is 0.931. The van der Waals surface area contributed by atoms with Crippen LogP contribution < -0.4 is 5.73 Å². The minimum absolute atomic E-state index is 0.0845. The maximum Gasteiger partial charge on any atom is 0.393 e. The van der Waals surface area contributed by atoms with Crippen LogP contribution in [0.15, 0.2) is 30.3 Å². The van der Waals surface area contributed by atoms with Crippen LogP contribution in [0.25, 0.3) is 0 Å². The van der Waals surface area contributed by atoms with Crippen LogP contribution in [0.3, 0.4) is 0 Å². The molecule has 3 nitrogen and oxygen atoms in total. The average Bonchev–Trinajstić information content (AvgIpc) is 2.46. The minimum atomic E-state index is -4.25. The van der Waals surface area contributed by atoms with Crippen LogP contribution in [0.2, 0.25) is 0 Å². The van der Waals surface area contributed by atoms with E-state index in [1.165, 1.54) is 4.90 Å². The molecule has 1 aliphatic rings. The Morgan fingerprint density at radius 2 is 2.00 bits per heavy atom. The van der Waals surface area contributed by atoms with Gasteiger partial charge in [0.15, 0.2) is 0 Å². The molecule has 6 heteroatoms. The summed E-state index contributed by atoms with van der Waals surface area (Å²) in [7, 11) is 0. The molecule has 2 N–H and O–H groups in total. The lowest BCUT2D eigenvalue weighted by Crippen LogP contribution is -2.51. The molecular formula is C15H19F3N2O. The Kier molecular flexibility index (Phi) is 4.88. The van der Waals surface area contributed by atoms with Crippen LogP contribution in [-0.4, -0.2) is 36.1 Å². The van der Waals surface area contributed by atoms with Crippen molar-refractivity contribution in [3.05, 3.63) is 35.9 Å². The molecule has 1 heterocycles. The van der Waals surface area contributed by atoms with Gasteiger partial charge in [-0.25, -0.2) is 0 Å². The topological polar surface area (TPSA) is 46.3 Å². The van der Waals surface area contributed by atoms with E-state index >= 15 is 0 Å². The number of likely N-dealkylation sites (tertiary alicyclic amines) is 1. The van der Waals surface area contributed by atoms with Crippen molar-refractivity contribution in [1.82, 2.24) is 4.90 Å². The molecule has 0 bridgehead atoms. The van der Waals surface area contributed by atoms with Gasteiger partial charge in [0.1, 0.15) is 0 Å². The molecule has 1 fully saturated rings. The number of benzene rings is 1. The Balaban J connectivity index is 1.96. The zero-order chi connectivity index (χ0) is 15.5. The van der Waals surface area contributed by atoms with Crippen LogP contribution in [0, 0.1) is 5.92 Å². The Hall–Kier alpha value is -1.56. The summed E-state index contributed by atoms with van der Waals surface area (Å²) in [4.78, 5) is 13.5.